The van der Waals surface area contributed by atoms with Crippen LogP contribution in [0.1, 0.15) is 49.8 Å². The van der Waals surface area contributed by atoms with E-state index in [1.807, 2.05) is 36.4 Å². The van der Waals surface area contributed by atoms with Gasteiger partial charge in [-0.05, 0) is 71.0 Å². The topological polar surface area (TPSA) is 60.7 Å². The largest absolute Gasteiger partial charge is 0.508 e. The molecule has 0 aliphatic heterocycles. The van der Waals surface area contributed by atoms with Gasteiger partial charge >= 0.3 is 0 Å². The summed E-state index contributed by atoms with van der Waals surface area (Å²) in [5, 5.41) is 28.9. The second-order valence-corrected chi connectivity index (χ2v) is 8.18. The zero-order valence-electron chi connectivity index (χ0n) is 17.1. The van der Waals surface area contributed by atoms with Crippen LogP contribution in [-0.2, 0) is 5.41 Å². The van der Waals surface area contributed by atoms with Crippen molar-refractivity contribution in [1.82, 2.24) is 0 Å². The first kappa shape index (κ1) is 20.5. The first-order valence-corrected chi connectivity index (χ1v) is 9.84. The molecule has 0 aliphatic carbocycles. The van der Waals surface area contributed by atoms with Crippen molar-refractivity contribution in [2.24, 2.45) is 0 Å². The molecule has 3 N–H and O–H groups in total. The number of benzene rings is 3. The third kappa shape index (κ3) is 5.20. The highest BCUT2D eigenvalue weighted by Gasteiger charge is 2.21. The predicted octanol–water partition coefficient (Wildman–Crippen LogP) is 6.36. The lowest BCUT2D eigenvalue weighted by atomic mass is 9.79. The molecule has 0 fully saturated rings. The highest BCUT2D eigenvalue weighted by molar-refractivity contribution is 5.68. The molecule has 0 aliphatic rings. The summed E-state index contributed by atoms with van der Waals surface area (Å²) in [6, 6.07) is 22.0. The number of phenolic OH excluding ortho intramolecular Hbond substituents is 3. The molecule has 3 nitrogen and oxygen atoms in total. The van der Waals surface area contributed by atoms with Gasteiger partial charge in [0.05, 0.1) is 0 Å². The summed E-state index contributed by atoms with van der Waals surface area (Å²) in [5.41, 5.74) is 4.29. The minimum atomic E-state index is -0.240. The van der Waals surface area contributed by atoms with E-state index in [4.69, 9.17) is 0 Å². The summed E-state index contributed by atoms with van der Waals surface area (Å²) >= 11 is 0. The van der Waals surface area contributed by atoms with Gasteiger partial charge in [0.15, 0.2) is 0 Å². The van der Waals surface area contributed by atoms with Gasteiger partial charge in [0.25, 0.3) is 0 Å². The van der Waals surface area contributed by atoms with Crippen molar-refractivity contribution >= 4 is 5.57 Å². The summed E-state index contributed by atoms with van der Waals surface area (Å²) in [6.45, 7) is 6.49. The summed E-state index contributed by atoms with van der Waals surface area (Å²) in [6.07, 6.45) is 3.08. The Bertz CT molecular complexity index is 966. The van der Waals surface area contributed by atoms with Gasteiger partial charge in [-0.1, -0.05) is 63.2 Å². The first-order chi connectivity index (χ1) is 13.7. The Kier molecular flexibility index (Phi) is 5.97. The fourth-order valence-electron chi connectivity index (χ4n) is 3.60. The highest BCUT2D eigenvalue weighted by Crippen LogP contribution is 2.35. The van der Waals surface area contributed by atoms with Crippen molar-refractivity contribution in [2.75, 3.05) is 0 Å². The van der Waals surface area contributed by atoms with Crippen LogP contribution in [0.25, 0.3) is 5.57 Å². The van der Waals surface area contributed by atoms with Crippen molar-refractivity contribution in [1.29, 1.82) is 0 Å². The number of hydrogen-bond acceptors (Lipinski definition) is 3. The molecule has 0 spiro atoms. The molecule has 0 saturated carbocycles. The molecule has 3 rings (SSSR count). The monoisotopic (exact) mass is 388 g/mol. The van der Waals surface area contributed by atoms with Gasteiger partial charge in [0.2, 0.25) is 0 Å². The Labute approximate surface area is 172 Å². The van der Waals surface area contributed by atoms with E-state index in [9.17, 15) is 15.3 Å². The standard InChI is InChI=1S/C26H28O3/c1-18(19-4-10-23(27)11-5-19)16-21(20-6-12-24(28)13-7-20)17-26(2,3)22-8-14-25(29)15-9-22/h4-15,17-18,27-29H,16H2,1-3H3/b21-17-. The van der Waals surface area contributed by atoms with Gasteiger partial charge in [-0.2, -0.15) is 0 Å². The molecule has 1 unspecified atom stereocenters. The second kappa shape index (κ2) is 8.44. The SMILES string of the molecule is CC(C/C(=C/C(C)(C)c1ccc(O)cc1)c1ccc(O)cc1)c1ccc(O)cc1. The fourth-order valence-corrected chi connectivity index (χ4v) is 3.60. The van der Waals surface area contributed by atoms with E-state index in [2.05, 4.69) is 26.8 Å². The van der Waals surface area contributed by atoms with Crippen molar-refractivity contribution in [3.63, 3.8) is 0 Å². The Hall–Kier alpha value is -3.20. The van der Waals surface area contributed by atoms with Gasteiger partial charge in [-0.3, -0.25) is 0 Å². The zero-order valence-corrected chi connectivity index (χ0v) is 17.1. The molecule has 3 aromatic rings. The average Bonchev–Trinajstić information content (AvgIpc) is 2.68. The van der Waals surface area contributed by atoms with Gasteiger partial charge in [-0.15, -0.1) is 0 Å². The maximum Gasteiger partial charge on any atom is 0.115 e. The van der Waals surface area contributed by atoms with E-state index < -0.39 is 0 Å². The summed E-state index contributed by atoms with van der Waals surface area (Å²) in [5.74, 6) is 1.03. The van der Waals surface area contributed by atoms with Crippen molar-refractivity contribution in [3.8, 4) is 17.2 Å². The molecule has 0 amide bonds. The molecule has 3 heteroatoms. The third-order valence-corrected chi connectivity index (χ3v) is 5.37. The van der Waals surface area contributed by atoms with Gasteiger partial charge in [0.1, 0.15) is 17.2 Å². The van der Waals surface area contributed by atoms with Crippen LogP contribution in [-0.4, -0.2) is 15.3 Å². The lowest BCUT2D eigenvalue weighted by Gasteiger charge is -2.25. The van der Waals surface area contributed by atoms with E-state index in [-0.39, 0.29) is 28.6 Å². The lowest BCUT2D eigenvalue weighted by molar-refractivity contribution is 0.474. The van der Waals surface area contributed by atoms with Crippen LogP contribution in [0.3, 0.4) is 0 Å². The molecule has 0 saturated heterocycles. The number of aromatic hydroxyl groups is 3. The maximum absolute atomic E-state index is 9.69. The maximum atomic E-state index is 9.69. The number of phenols is 3. The Morgan fingerprint density at radius 2 is 1.21 bits per heavy atom. The van der Waals surface area contributed by atoms with E-state index in [0.29, 0.717) is 0 Å². The van der Waals surface area contributed by atoms with Crippen LogP contribution in [0.15, 0.2) is 78.9 Å². The van der Waals surface area contributed by atoms with Gasteiger partial charge in [0, 0.05) is 5.41 Å². The fraction of sp³-hybridized carbons (Fsp3) is 0.231. The minimum Gasteiger partial charge on any atom is -0.508 e. The van der Waals surface area contributed by atoms with Crippen molar-refractivity contribution in [3.05, 3.63) is 95.6 Å². The number of rotatable bonds is 6. The summed E-state index contributed by atoms with van der Waals surface area (Å²) < 4.78 is 0. The molecule has 1 atom stereocenters. The minimum absolute atomic E-state index is 0.240. The molecule has 3 aromatic carbocycles. The van der Waals surface area contributed by atoms with Crippen LogP contribution in [0, 0.1) is 0 Å². The Morgan fingerprint density at radius 3 is 1.72 bits per heavy atom. The lowest BCUT2D eigenvalue weighted by Crippen LogP contribution is -2.14. The normalized spacial score (nSPS) is 13.3. The van der Waals surface area contributed by atoms with E-state index >= 15 is 0 Å². The Balaban J connectivity index is 1.98. The third-order valence-electron chi connectivity index (χ3n) is 5.37. The highest BCUT2D eigenvalue weighted by atomic mass is 16.3. The summed E-state index contributed by atoms with van der Waals surface area (Å²) in [4.78, 5) is 0. The zero-order chi connectivity index (χ0) is 21.0. The molecular weight excluding hydrogens is 360 g/mol. The Morgan fingerprint density at radius 1 is 0.759 bits per heavy atom. The molecule has 0 heterocycles. The van der Waals surface area contributed by atoms with E-state index in [0.717, 1.165) is 23.1 Å². The van der Waals surface area contributed by atoms with E-state index in [1.165, 1.54) is 5.57 Å². The molecular formula is C26H28O3. The number of hydrogen-bond donors (Lipinski definition) is 3. The van der Waals surface area contributed by atoms with Gasteiger partial charge < -0.3 is 15.3 Å². The van der Waals surface area contributed by atoms with Crippen molar-refractivity contribution in [2.45, 2.75) is 38.5 Å². The van der Waals surface area contributed by atoms with Crippen LogP contribution >= 0.6 is 0 Å². The van der Waals surface area contributed by atoms with Crippen LogP contribution < -0.4 is 0 Å². The quantitative estimate of drug-likeness (QED) is 0.460. The molecule has 0 bridgehead atoms. The molecule has 150 valence electrons. The average molecular weight is 389 g/mol. The van der Waals surface area contributed by atoms with Crippen LogP contribution in [0.5, 0.6) is 17.2 Å². The molecule has 29 heavy (non-hydrogen) atoms. The molecule has 0 aromatic heterocycles. The van der Waals surface area contributed by atoms with Crippen LogP contribution in [0.4, 0.5) is 0 Å². The first-order valence-electron chi connectivity index (χ1n) is 9.84. The number of allylic oxidation sites excluding steroid dienone is 2. The van der Waals surface area contributed by atoms with Crippen LogP contribution in [0.2, 0.25) is 0 Å². The second-order valence-electron chi connectivity index (χ2n) is 8.18. The van der Waals surface area contributed by atoms with E-state index in [1.54, 1.807) is 36.4 Å². The smallest absolute Gasteiger partial charge is 0.115 e. The predicted molar refractivity (Wildman–Crippen MR) is 118 cm³/mol. The summed E-state index contributed by atoms with van der Waals surface area (Å²) in [7, 11) is 0. The van der Waals surface area contributed by atoms with Gasteiger partial charge in [-0.25, -0.2) is 0 Å². The van der Waals surface area contributed by atoms with Crippen molar-refractivity contribution < 1.29 is 15.3 Å². The molecule has 0 radical (unpaired) electrons.